The van der Waals surface area contributed by atoms with Crippen LogP contribution in [0.1, 0.15) is 86.3 Å². The molecule has 1 atom stereocenters. The van der Waals surface area contributed by atoms with Crippen LogP contribution in [0.4, 0.5) is 0 Å². The Morgan fingerprint density at radius 1 is 1.15 bits per heavy atom. The first-order valence-electron chi connectivity index (χ1n) is 14.2. The molecular weight excluding hydrogens is 526 g/mol. The molecule has 0 saturated heterocycles. The molecule has 1 aromatic carbocycles. The third kappa shape index (κ3) is 5.54. The zero-order valence-electron chi connectivity index (χ0n) is 24.0. The summed E-state index contributed by atoms with van der Waals surface area (Å²) in [7, 11) is 1.64. The number of hydrogen-bond donors (Lipinski definition) is 2. The number of hydrogen-bond acceptors (Lipinski definition) is 7. The molecule has 1 amide bonds. The van der Waals surface area contributed by atoms with E-state index in [2.05, 4.69) is 16.7 Å². The van der Waals surface area contributed by atoms with Crippen LogP contribution in [0.15, 0.2) is 29.2 Å². The first-order valence-corrected chi connectivity index (χ1v) is 15.0. The summed E-state index contributed by atoms with van der Waals surface area (Å²) >= 11 is 1.78. The molecule has 1 saturated carbocycles. The molecule has 3 aromatic rings. The van der Waals surface area contributed by atoms with Gasteiger partial charge in [-0.1, -0.05) is 20.8 Å². The van der Waals surface area contributed by atoms with Gasteiger partial charge in [0.05, 0.1) is 24.6 Å². The van der Waals surface area contributed by atoms with E-state index in [1.165, 1.54) is 10.4 Å². The number of carbonyl (C=O) groups is 2. The third-order valence-corrected chi connectivity index (χ3v) is 8.89. The van der Waals surface area contributed by atoms with Crippen molar-refractivity contribution in [2.75, 3.05) is 26.8 Å². The first kappa shape index (κ1) is 28.4. The van der Waals surface area contributed by atoms with Crippen molar-refractivity contribution in [3.05, 3.63) is 50.6 Å². The first-order chi connectivity index (χ1) is 19.1. The lowest BCUT2D eigenvalue weighted by atomic mass is 9.93. The van der Waals surface area contributed by atoms with E-state index >= 15 is 0 Å². The maximum atomic E-state index is 13.4. The van der Waals surface area contributed by atoms with Crippen LogP contribution in [-0.4, -0.2) is 43.2 Å². The highest BCUT2D eigenvalue weighted by Crippen LogP contribution is 2.46. The van der Waals surface area contributed by atoms with Crippen LogP contribution < -0.4 is 20.8 Å². The maximum Gasteiger partial charge on any atom is 0.343 e. The van der Waals surface area contributed by atoms with Crippen LogP contribution in [0.2, 0.25) is 0 Å². The molecule has 1 unspecified atom stereocenters. The van der Waals surface area contributed by atoms with Crippen LogP contribution >= 0.6 is 11.3 Å². The molecule has 0 aliphatic heterocycles. The summed E-state index contributed by atoms with van der Waals surface area (Å²) in [5.74, 6) is 0.123. The number of amides is 1. The number of carbonyl (C=O) groups excluding carboxylic acids is 2. The molecule has 2 aromatic heterocycles. The summed E-state index contributed by atoms with van der Waals surface area (Å²) in [6, 6.07) is 6.47. The lowest BCUT2D eigenvalue weighted by Crippen LogP contribution is -2.39. The number of aryl methyl sites for hydroxylation is 1. The number of methoxy groups -OCH3 is 1. The molecule has 2 heterocycles. The van der Waals surface area contributed by atoms with E-state index in [4.69, 9.17) is 9.47 Å². The summed E-state index contributed by atoms with van der Waals surface area (Å²) in [4.78, 5) is 40.6. The molecule has 2 N–H and O–H groups in total. The molecule has 8 nitrogen and oxygen atoms in total. The fourth-order valence-electron chi connectivity index (χ4n) is 5.40. The minimum absolute atomic E-state index is 0.0545. The van der Waals surface area contributed by atoms with Crippen molar-refractivity contribution >= 4 is 34.1 Å². The fourth-order valence-corrected chi connectivity index (χ4v) is 6.69. The summed E-state index contributed by atoms with van der Waals surface area (Å²) in [6.45, 7) is 8.99. The average Bonchev–Trinajstić information content (AvgIpc) is 3.67. The Balaban J connectivity index is 1.47. The van der Waals surface area contributed by atoms with Gasteiger partial charge in [-0.25, -0.2) is 4.79 Å². The van der Waals surface area contributed by atoms with Crippen molar-refractivity contribution in [3.8, 4) is 16.2 Å². The van der Waals surface area contributed by atoms with Crippen molar-refractivity contribution in [1.82, 2.24) is 15.2 Å². The number of nitrogens with one attached hydrogen (secondary N) is 2. The van der Waals surface area contributed by atoms with E-state index in [0.29, 0.717) is 24.2 Å². The van der Waals surface area contributed by atoms with E-state index < -0.39 is 11.4 Å². The Morgan fingerprint density at radius 3 is 2.60 bits per heavy atom. The second-order valence-electron chi connectivity index (χ2n) is 11.7. The third-order valence-electron chi connectivity index (χ3n) is 7.65. The normalized spacial score (nSPS) is 17.0. The number of nitrogens with zero attached hydrogens (tertiary/aromatic N) is 1. The molecule has 0 bridgehead atoms. The number of ether oxygens (including phenoxy) is 2. The van der Waals surface area contributed by atoms with Crippen LogP contribution in [0, 0.1) is 5.41 Å². The lowest BCUT2D eigenvalue weighted by molar-refractivity contribution is -0.128. The molecule has 5 rings (SSSR count). The number of thiophene rings is 1. The zero-order valence-corrected chi connectivity index (χ0v) is 24.8. The van der Waals surface area contributed by atoms with Gasteiger partial charge in [0.1, 0.15) is 5.56 Å². The van der Waals surface area contributed by atoms with Gasteiger partial charge in [0.25, 0.3) is 0 Å². The molecule has 214 valence electrons. The topological polar surface area (TPSA) is 98.7 Å². The SMILES string of the molecule is CCOC(=O)c1cn(C2CC2)c2c(OC)c(-c3cc4c(s3)CCCC4NCCNC(=O)C(C)(C)C)ccc2c1=O. The van der Waals surface area contributed by atoms with Gasteiger partial charge in [-0.15, -0.1) is 11.3 Å². The molecule has 2 aliphatic carbocycles. The summed E-state index contributed by atoms with van der Waals surface area (Å²) in [5, 5.41) is 7.13. The second kappa shape index (κ2) is 11.4. The van der Waals surface area contributed by atoms with Crippen molar-refractivity contribution in [3.63, 3.8) is 0 Å². The van der Waals surface area contributed by atoms with Crippen molar-refractivity contribution in [2.45, 2.75) is 71.9 Å². The van der Waals surface area contributed by atoms with E-state index in [0.717, 1.165) is 48.1 Å². The van der Waals surface area contributed by atoms with E-state index in [1.54, 1.807) is 31.6 Å². The highest BCUT2D eigenvalue weighted by molar-refractivity contribution is 7.15. The maximum absolute atomic E-state index is 13.4. The van der Waals surface area contributed by atoms with Crippen molar-refractivity contribution in [2.24, 2.45) is 5.41 Å². The minimum atomic E-state index is -0.589. The summed E-state index contributed by atoms with van der Waals surface area (Å²) < 4.78 is 13.2. The second-order valence-corrected chi connectivity index (χ2v) is 12.8. The predicted molar refractivity (Wildman–Crippen MR) is 158 cm³/mol. The van der Waals surface area contributed by atoms with Gasteiger partial charge < -0.3 is 24.7 Å². The average molecular weight is 566 g/mol. The van der Waals surface area contributed by atoms with Crippen LogP contribution in [0.3, 0.4) is 0 Å². The van der Waals surface area contributed by atoms with Gasteiger partial charge in [-0.3, -0.25) is 9.59 Å². The fraction of sp³-hybridized carbons (Fsp3) is 0.516. The van der Waals surface area contributed by atoms with E-state index in [-0.39, 0.29) is 35.6 Å². The summed E-state index contributed by atoms with van der Waals surface area (Å²) in [5.41, 5.74) is 2.32. The van der Waals surface area contributed by atoms with E-state index in [1.807, 2.05) is 37.5 Å². The Bertz CT molecular complexity index is 1500. The number of pyridine rings is 1. The lowest BCUT2D eigenvalue weighted by Gasteiger charge is -2.24. The van der Waals surface area contributed by atoms with Crippen LogP contribution in [-0.2, 0) is 16.0 Å². The highest BCUT2D eigenvalue weighted by Gasteiger charge is 2.30. The van der Waals surface area contributed by atoms with Gasteiger partial charge in [-0.05, 0) is 62.8 Å². The Labute approximate surface area is 239 Å². The quantitative estimate of drug-likeness (QED) is 0.267. The molecular formula is C31H39N3O5S. The number of aromatic nitrogens is 1. The van der Waals surface area contributed by atoms with Gasteiger partial charge >= 0.3 is 5.97 Å². The number of benzene rings is 1. The van der Waals surface area contributed by atoms with E-state index in [9.17, 15) is 14.4 Å². The Morgan fingerprint density at radius 2 is 1.93 bits per heavy atom. The minimum Gasteiger partial charge on any atom is -0.494 e. The Kier molecular flexibility index (Phi) is 8.06. The van der Waals surface area contributed by atoms with Gasteiger partial charge in [0.15, 0.2) is 5.75 Å². The standard InChI is InChI=1S/C31H39N3O5S/c1-6-39-29(36)22-17-34(18-10-11-18)26-20(27(22)35)13-12-19(28(26)38-5)25-16-21-23(8-7-9-24(21)40-25)32-14-15-33-30(37)31(2,3)4/h12-13,16-18,23,32H,6-11,14-15H2,1-5H3,(H,33,37). The molecule has 0 spiro atoms. The predicted octanol–water partition coefficient (Wildman–Crippen LogP) is 5.38. The zero-order chi connectivity index (χ0) is 28.6. The Hall–Kier alpha value is -3.17. The largest absolute Gasteiger partial charge is 0.494 e. The smallest absolute Gasteiger partial charge is 0.343 e. The molecule has 0 radical (unpaired) electrons. The monoisotopic (exact) mass is 565 g/mol. The molecule has 40 heavy (non-hydrogen) atoms. The van der Waals surface area contributed by atoms with Gasteiger partial charge in [-0.2, -0.15) is 0 Å². The number of rotatable bonds is 9. The van der Waals surface area contributed by atoms with Crippen molar-refractivity contribution < 1.29 is 19.1 Å². The number of esters is 1. The molecule has 2 aliphatic rings. The van der Waals surface area contributed by atoms with Crippen LogP contribution in [0.25, 0.3) is 21.3 Å². The van der Waals surface area contributed by atoms with Gasteiger partial charge in [0, 0.05) is 52.1 Å². The van der Waals surface area contributed by atoms with Gasteiger partial charge in [0.2, 0.25) is 11.3 Å². The van der Waals surface area contributed by atoms with Crippen molar-refractivity contribution in [1.29, 1.82) is 0 Å². The number of fused-ring (bicyclic) bond motifs is 2. The van der Waals surface area contributed by atoms with Crippen LogP contribution in [0.5, 0.6) is 5.75 Å². The molecule has 1 fully saturated rings. The molecule has 9 heteroatoms. The summed E-state index contributed by atoms with van der Waals surface area (Å²) in [6.07, 6.45) is 6.82. The highest BCUT2D eigenvalue weighted by atomic mass is 32.1.